The molecule has 6 heteroatoms. The number of aliphatic hydroxyl groups excluding tert-OH is 1. The second kappa shape index (κ2) is 7.26. The fourth-order valence-corrected chi connectivity index (χ4v) is 2.44. The van der Waals surface area contributed by atoms with Crippen molar-refractivity contribution < 1.29 is 13.5 Å². The molecule has 0 bridgehead atoms. The molecule has 19 heavy (non-hydrogen) atoms. The van der Waals surface area contributed by atoms with Crippen LogP contribution in [0.2, 0.25) is 0 Å². The molecule has 3 N–H and O–H groups in total. The number of benzene rings is 1. The Hall–Kier alpha value is -1.39. The Bertz CT molecular complexity index is 554. The highest BCUT2D eigenvalue weighted by molar-refractivity contribution is 7.87. The first-order chi connectivity index (χ1) is 8.93. The fraction of sp³-hybridized carbons (Fsp3) is 0.385. The summed E-state index contributed by atoms with van der Waals surface area (Å²) in [5.41, 5.74) is 1.62. The van der Waals surface area contributed by atoms with E-state index in [2.05, 4.69) is 21.3 Å². The molecule has 0 atom stereocenters. The van der Waals surface area contributed by atoms with Gasteiger partial charge in [0.2, 0.25) is 0 Å². The number of hydrogen-bond acceptors (Lipinski definition) is 3. The maximum Gasteiger partial charge on any atom is 0.277 e. The molecular weight excluding hydrogens is 264 g/mol. The van der Waals surface area contributed by atoms with Gasteiger partial charge in [-0.3, -0.25) is 0 Å². The van der Waals surface area contributed by atoms with Crippen molar-refractivity contribution in [3.63, 3.8) is 0 Å². The standard InChI is InChI=1S/C13H18N2O3S/c1-11(2)15-19(17,18)14-10-13-7-5-12(6-8-13)4-3-9-16/h5-8,11,14-16H,9-10H2,1-2H3. The summed E-state index contributed by atoms with van der Waals surface area (Å²) in [6.07, 6.45) is 0. The summed E-state index contributed by atoms with van der Waals surface area (Å²) in [5.74, 6) is 5.31. The van der Waals surface area contributed by atoms with Crippen LogP contribution in [-0.4, -0.2) is 26.2 Å². The Morgan fingerprint density at radius 3 is 2.42 bits per heavy atom. The van der Waals surface area contributed by atoms with Crippen molar-refractivity contribution in [3.05, 3.63) is 35.4 Å². The molecule has 0 aromatic heterocycles. The molecule has 0 unspecified atom stereocenters. The lowest BCUT2D eigenvalue weighted by atomic mass is 10.1. The highest BCUT2D eigenvalue weighted by Gasteiger charge is 2.10. The van der Waals surface area contributed by atoms with Crippen LogP contribution < -0.4 is 9.44 Å². The molecule has 0 saturated carbocycles. The topological polar surface area (TPSA) is 78.4 Å². The molecule has 0 aliphatic carbocycles. The molecule has 1 rings (SSSR count). The Balaban J connectivity index is 2.59. The maximum absolute atomic E-state index is 11.6. The predicted molar refractivity (Wildman–Crippen MR) is 74.4 cm³/mol. The molecule has 0 amide bonds. The van der Waals surface area contributed by atoms with Crippen LogP contribution in [0.25, 0.3) is 0 Å². The zero-order chi connectivity index (χ0) is 14.3. The molecule has 0 spiro atoms. The predicted octanol–water partition coefficient (Wildman–Crippen LogP) is 0.363. The minimum absolute atomic E-state index is 0.145. The molecule has 0 aliphatic heterocycles. The minimum atomic E-state index is -3.46. The average molecular weight is 282 g/mol. The van der Waals surface area contributed by atoms with E-state index < -0.39 is 10.2 Å². The first-order valence-electron chi connectivity index (χ1n) is 5.88. The number of nitrogens with one attached hydrogen (secondary N) is 2. The lowest BCUT2D eigenvalue weighted by Gasteiger charge is -2.10. The number of hydrogen-bond donors (Lipinski definition) is 3. The van der Waals surface area contributed by atoms with Gasteiger partial charge in [-0.05, 0) is 31.5 Å². The molecule has 0 heterocycles. The lowest BCUT2D eigenvalue weighted by Crippen LogP contribution is -2.39. The van der Waals surface area contributed by atoms with E-state index in [-0.39, 0.29) is 19.2 Å². The fourth-order valence-electron chi connectivity index (χ4n) is 1.38. The molecule has 0 aliphatic rings. The van der Waals surface area contributed by atoms with E-state index in [0.29, 0.717) is 0 Å². The van der Waals surface area contributed by atoms with E-state index >= 15 is 0 Å². The van der Waals surface area contributed by atoms with Crippen molar-refractivity contribution in [2.45, 2.75) is 26.4 Å². The quantitative estimate of drug-likeness (QED) is 0.682. The highest BCUT2D eigenvalue weighted by Crippen LogP contribution is 2.03. The summed E-state index contributed by atoms with van der Waals surface area (Å²) < 4.78 is 28.0. The minimum Gasteiger partial charge on any atom is -0.384 e. The summed E-state index contributed by atoms with van der Waals surface area (Å²) in [7, 11) is -3.46. The van der Waals surface area contributed by atoms with Crippen LogP contribution in [0.3, 0.4) is 0 Å². The van der Waals surface area contributed by atoms with Gasteiger partial charge in [0, 0.05) is 18.2 Å². The molecular formula is C13H18N2O3S. The van der Waals surface area contributed by atoms with Gasteiger partial charge in [0.1, 0.15) is 6.61 Å². The Kier molecular flexibility index (Phi) is 5.99. The highest BCUT2D eigenvalue weighted by atomic mass is 32.2. The molecule has 0 saturated heterocycles. The Morgan fingerprint density at radius 1 is 1.26 bits per heavy atom. The third kappa shape index (κ3) is 6.36. The summed E-state index contributed by atoms with van der Waals surface area (Å²) in [6, 6.07) is 7.00. The van der Waals surface area contributed by atoms with Crippen LogP contribution in [-0.2, 0) is 16.8 Å². The van der Waals surface area contributed by atoms with Gasteiger partial charge in [-0.15, -0.1) is 0 Å². The van der Waals surface area contributed by atoms with Crippen LogP contribution in [0.5, 0.6) is 0 Å². The zero-order valence-electron chi connectivity index (χ0n) is 11.0. The smallest absolute Gasteiger partial charge is 0.277 e. The molecule has 1 aromatic rings. The Morgan fingerprint density at radius 2 is 1.89 bits per heavy atom. The van der Waals surface area contributed by atoms with Crippen molar-refractivity contribution in [1.82, 2.24) is 9.44 Å². The van der Waals surface area contributed by atoms with Crippen molar-refractivity contribution in [2.24, 2.45) is 0 Å². The van der Waals surface area contributed by atoms with Crippen LogP contribution in [0.15, 0.2) is 24.3 Å². The summed E-state index contributed by atoms with van der Waals surface area (Å²) in [6.45, 7) is 3.56. The monoisotopic (exact) mass is 282 g/mol. The van der Waals surface area contributed by atoms with E-state index in [1.54, 1.807) is 38.1 Å². The van der Waals surface area contributed by atoms with Gasteiger partial charge in [-0.1, -0.05) is 24.0 Å². The lowest BCUT2D eigenvalue weighted by molar-refractivity contribution is 0.350. The van der Waals surface area contributed by atoms with Crippen LogP contribution in [0.1, 0.15) is 25.0 Å². The first-order valence-corrected chi connectivity index (χ1v) is 7.37. The van der Waals surface area contributed by atoms with Gasteiger partial charge in [-0.2, -0.15) is 17.9 Å². The third-order valence-corrected chi connectivity index (χ3v) is 3.43. The van der Waals surface area contributed by atoms with Crippen LogP contribution >= 0.6 is 0 Å². The normalized spacial score (nSPS) is 11.2. The van der Waals surface area contributed by atoms with E-state index in [1.807, 2.05) is 0 Å². The van der Waals surface area contributed by atoms with Crippen molar-refractivity contribution in [3.8, 4) is 11.8 Å². The van der Waals surface area contributed by atoms with Gasteiger partial charge in [0.05, 0.1) is 0 Å². The average Bonchev–Trinajstić information content (AvgIpc) is 2.34. The van der Waals surface area contributed by atoms with Gasteiger partial charge < -0.3 is 5.11 Å². The van der Waals surface area contributed by atoms with E-state index in [1.165, 1.54) is 0 Å². The van der Waals surface area contributed by atoms with Gasteiger partial charge in [0.25, 0.3) is 10.2 Å². The molecule has 0 radical (unpaired) electrons. The number of aliphatic hydroxyl groups is 1. The second-order valence-electron chi connectivity index (χ2n) is 4.25. The van der Waals surface area contributed by atoms with Gasteiger partial charge in [-0.25, -0.2) is 0 Å². The zero-order valence-corrected chi connectivity index (χ0v) is 11.8. The van der Waals surface area contributed by atoms with E-state index in [9.17, 15) is 8.42 Å². The summed E-state index contributed by atoms with van der Waals surface area (Å²) >= 11 is 0. The van der Waals surface area contributed by atoms with Crippen molar-refractivity contribution in [2.75, 3.05) is 6.61 Å². The SMILES string of the molecule is CC(C)NS(=O)(=O)NCc1ccc(C#CCO)cc1. The van der Waals surface area contributed by atoms with Crippen molar-refractivity contribution >= 4 is 10.2 Å². The largest absolute Gasteiger partial charge is 0.384 e. The summed E-state index contributed by atoms with van der Waals surface area (Å²) in [4.78, 5) is 0. The summed E-state index contributed by atoms with van der Waals surface area (Å²) in [5, 5.41) is 8.57. The molecule has 1 aromatic carbocycles. The van der Waals surface area contributed by atoms with Gasteiger partial charge >= 0.3 is 0 Å². The van der Waals surface area contributed by atoms with E-state index in [4.69, 9.17) is 5.11 Å². The number of rotatable bonds is 5. The van der Waals surface area contributed by atoms with Crippen LogP contribution in [0, 0.1) is 11.8 Å². The first kappa shape index (κ1) is 15.7. The van der Waals surface area contributed by atoms with E-state index in [0.717, 1.165) is 11.1 Å². The Labute approximate surface area is 114 Å². The molecule has 104 valence electrons. The molecule has 0 fully saturated rings. The third-order valence-electron chi connectivity index (χ3n) is 2.12. The van der Waals surface area contributed by atoms with Crippen LogP contribution in [0.4, 0.5) is 0 Å². The van der Waals surface area contributed by atoms with Gasteiger partial charge in [0.15, 0.2) is 0 Å². The second-order valence-corrected chi connectivity index (χ2v) is 5.79. The van der Waals surface area contributed by atoms with Crippen molar-refractivity contribution in [1.29, 1.82) is 0 Å². The maximum atomic E-state index is 11.6. The molecule has 5 nitrogen and oxygen atoms in total.